The maximum atomic E-state index is 10.1. The number of hydrogen-bond donors (Lipinski definition) is 0. The van der Waals surface area contributed by atoms with Crippen molar-refractivity contribution in [1.82, 2.24) is 4.90 Å². The molecule has 0 radical (unpaired) electrons. The summed E-state index contributed by atoms with van der Waals surface area (Å²) in [5.74, 6) is 0. The second kappa shape index (κ2) is 11.1. The van der Waals surface area contributed by atoms with Gasteiger partial charge in [0.2, 0.25) is 0 Å². The molecular weight excluding hydrogens is 396 g/mol. The Morgan fingerprint density at radius 2 is 1.16 bits per heavy atom. The molecule has 3 aromatic rings. The highest BCUT2D eigenvalue weighted by Gasteiger charge is 2.32. The van der Waals surface area contributed by atoms with Crippen molar-refractivity contribution in [2.45, 2.75) is 51.3 Å². The highest BCUT2D eigenvalue weighted by molar-refractivity contribution is 6.69. The Morgan fingerprint density at radius 1 is 0.742 bits per heavy atom. The van der Waals surface area contributed by atoms with Crippen LogP contribution in [0.5, 0.6) is 0 Å². The van der Waals surface area contributed by atoms with Crippen LogP contribution in [0, 0.1) is 11.3 Å². The zero-order valence-corrected chi connectivity index (χ0v) is 19.7. The predicted molar refractivity (Wildman–Crippen MR) is 130 cm³/mol. The van der Waals surface area contributed by atoms with Gasteiger partial charge in [-0.3, -0.25) is 4.90 Å². The summed E-state index contributed by atoms with van der Waals surface area (Å²) < 4.78 is 6.41. The van der Waals surface area contributed by atoms with Gasteiger partial charge in [0, 0.05) is 13.1 Å². The lowest BCUT2D eigenvalue weighted by molar-refractivity contribution is 0.0811. The molecular formula is C27H32N2OSi. The third-order valence-corrected chi connectivity index (χ3v) is 6.13. The summed E-state index contributed by atoms with van der Waals surface area (Å²) in [4.78, 5) is 2.41. The Hall–Kier alpha value is -2.71. The smallest absolute Gasteiger partial charge is 0.185 e. The van der Waals surface area contributed by atoms with E-state index in [2.05, 4.69) is 103 Å². The van der Waals surface area contributed by atoms with E-state index in [1.165, 1.54) is 16.7 Å². The molecule has 0 aliphatic carbocycles. The van der Waals surface area contributed by atoms with Crippen molar-refractivity contribution in [2.24, 2.45) is 0 Å². The largest absolute Gasteiger partial charge is 0.401 e. The van der Waals surface area contributed by atoms with Gasteiger partial charge < -0.3 is 4.43 Å². The predicted octanol–water partition coefficient (Wildman–Crippen LogP) is 6.04. The van der Waals surface area contributed by atoms with E-state index in [1.807, 2.05) is 18.2 Å². The molecule has 0 spiro atoms. The molecule has 3 aromatic carbocycles. The third-order valence-electron chi connectivity index (χ3n) is 5.17. The van der Waals surface area contributed by atoms with E-state index >= 15 is 0 Å². The van der Waals surface area contributed by atoms with Gasteiger partial charge >= 0.3 is 0 Å². The lowest BCUT2D eigenvalue weighted by Gasteiger charge is -2.37. The minimum Gasteiger partial charge on any atom is -0.401 e. The molecule has 0 N–H and O–H groups in total. The van der Waals surface area contributed by atoms with Crippen LogP contribution in [0.2, 0.25) is 19.6 Å². The van der Waals surface area contributed by atoms with Gasteiger partial charge in [-0.2, -0.15) is 5.26 Å². The minimum absolute atomic E-state index is 0.0560. The summed E-state index contributed by atoms with van der Waals surface area (Å²) in [6.07, 6.45) is 0.280. The van der Waals surface area contributed by atoms with Gasteiger partial charge in [0.1, 0.15) is 6.10 Å². The Labute approximate surface area is 188 Å². The Bertz CT molecular complexity index is 908. The van der Waals surface area contributed by atoms with E-state index < -0.39 is 14.4 Å². The third kappa shape index (κ3) is 7.48. The monoisotopic (exact) mass is 428 g/mol. The standard InChI is InChI=1S/C27H32N2OSi/c1-31(2,3)30-27(20-28)26(19-23-13-7-4-8-14-23)29(21-24-15-9-5-10-16-24)22-25-17-11-6-12-18-25/h4-18,26-27H,19,21-22H2,1-3H3/t26-,27-/m0/s1. The van der Waals surface area contributed by atoms with Gasteiger partial charge in [0.25, 0.3) is 0 Å². The molecule has 2 atom stereocenters. The van der Waals surface area contributed by atoms with Gasteiger partial charge in [-0.25, -0.2) is 0 Å². The normalized spacial score (nSPS) is 13.5. The van der Waals surface area contributed by atoms with Gasteiger partial charge in [-0.1, -0.05) is 91.0 Å². The molecule has 3 nitrogen and oxygen atoms in total. The van der Waals surface area contributed by atoms with Crippen LogP contribution in [0.3, 0.4) is 0 Å². The highest BCUT2D eigenvalue weighted by atomic mass is 28.4. The first-order chi connectivity index (χ1) is 14.9. The molecule has 0 amide bonds. The van der Waals surface area contributed by atoms with E-state index in [4.69, 9.17) is 4.43 Å². The zero-order chi connectivity index (χ0) is 22.1. The summed E-state index contributed by atoms with van der Waals surface area (Å²) in [6, 6.07) is 33.9. The van der Waals surface area contributed by atoms with Crippen molar-refractivity contribution in [2.75, 3.05) is 0 Å². The van der Waals surface area contributed by atoms with Crippen LogP contribution in [0.4, 0.5) is 0 Å². The fraction of sp³-hybridized carbons (Fsp3) is 0.296. The summed E-state index contributed by atoms with van der Waals surface area (Å²) in [5, 5.41) is 10.1. The first-order valence-electron chi connectivity index (χ1n) is 10.9. The quantitative estimate of drug-likeness (QED) is 0.369. The molecule has 0 unspecified atom stereocenters. The van der Waals surface area contributed by atoms with Gasteiger partial charge in [-0.15, -0.1) is 0 Å². The summed E-state index contributed by atoms with van der Waals surface area (Å²) in [7, 11) is -1.90. The van der Waals surface area contributed by atoms with Crippen molar-refractivity contribution in [3.8, 4) is 6.07 Å². The Morgan fingerprint density at radius 3 is 1.55 bits per heavy atom. The first kappa shape index (κ1) is 23.0. The molecule has 3 rings (SSSR count). The fourth-order valence-corrected chi connectivity index (χ4v) is 4.75. The number of rotatable bonds is 10. The van der Waals surface area contributed by atoms with E-state index in [-0.39, 0.29) is 6.04 Å². The number of nitrogens with zero attached hydrogens (tertiary/aromatic N) is 2. The molecule has 0 aliphatic rings. The summed E-state index contributed by atoms with van der Waals surface area (Å²) in [5.41, 5.74) is 3.69. The van der Waals surface area contributed by atoms with Crippen LogP contribution in [-0.4, -0.2) is 25.4 Å². The van der Waals surface area contributed by atoms with E-state index in [0.29, 0.717) is 0 Å². The number of benzene rings is 3. The van der Waals surface area contributed by atoms with Crippen LogP contribution in [0.25, 0.3) is 0 Å². The molecule has 0 bridgehead atoms. The second-order valence-corrected chi connectivity index (χ2v) is 13.4. The zero-order valence-electron chi connectivity index (χ0n) is 18.7. The molecule has 160 valence electrons. The molecule has 0 fully saturated rings. The summed E-state index contributed by atoms with van der Waals surface area (Å²) in [6.45, 7) is 7.97. The molecule has 31 heavy (non-hydrogen) atoms. The maximum absolute atomic E-state index is 10.1. The maximum Gasteiger partial charge on any atom is 0.185 e. The summed E-state index contributed by atoms with van der Waals surface area (Å²) >= 11 is 0. The van der Waals surface area contributed by atoms with Crippen molar-refractivity contribution >= 4 is 8.32 Å². The Balaban J connectivity index is 1.97. The van der Waals surface area contributed by atoms with Crippen molar-refractivity contribution in [3.63, 3.8) is 0 Å². The van der Waals surface area contributed by atoms with Crippen LogP contribution >= 0.6 is 0 Å². The molecule has 0 aliphatic heterocycles. The lowest BCUT2D eigenvalue weighted by atomic mass is 9.98. The lowest BCUT2D eigenvalue weighted by Crippen LogP contribution is -2.48. The first-order valence-corrected chi connectivity index (χ1v) is 14.3. The number of hydrogen-bond acceptors (Lipinski definition) is 3. The molecule has 0 aromatic heterocycles. The molecule has 0 saturated heterocycles. The molecule has 4 heteroatoms. The van der Waals surface area contributed by atoms with E-state index in [9.17, 15) is 5.26 Å². The van der Waals surface area contributed by atoms with Crippen LogP contribution < -0.4 is 0 Å². The molecule has 0 saturated carbocycles. The van der Waals surface area contributed by atoms with Crippen molar-refractivity contribution in [1.29, 1.82) is 5.26 Å². The van der Waals surface area contributed by atoms with Crippen LogP contribution in [-0.2, 0) is 23.9 Å². The van der Waals surface area contributed by atoms with Gasteiger partial charge in [0.05, 0.1) is 12.1 Å². The molecule has 0 heterocycles. The van der Waals surface area contributed by atoms with Crippen LogP contribution in [0.15, 0.2) is 91.0 Å². The van der Waals surface area contributed by atoms with Gasteiger partial charge in [-0.05, 0) is 42.8 Å². The van der Waals surface area contributed by atoms with Gasteiger partial charge in [0.15, 0.2) is 8.32 Å². The van der Waals surface area contributed by atoms with E-state index in [1.54, 1.807) is 0 Å². The van der Waals surface area contributed by atoms with Crippen LogP contribution in [0.1, 0.15) is 16.7 Å². The second-order valence-electron chi connectivity index (χ2n) is 8.91. The minimum atomic E-state index is -1.90. The van der Waals surface area contributed by atoms with E-state index in [0.717, 1.165) is 19.5 Å². The fourth-order valence-electron chi connectivity index (χ4n) is 3.78. The number of nitriles is 1. The van der Waals surface area contributed by atoms with Crippen molar-refractivity contribution < 1.29 is 4.43 Å². The van der Waals surface area contributed by atoms with Crippen molar-refractivity contribution in [3.05, 3.63) is 108 Å². The average molecular weight is 429 g/mol. The Kier molecular flexibility index (Phi) is 8.19. The average Bonchev–Trinajstić information content (AvgIpc) is 2.77. The topological polar surface area (TPSA) is 36.3 Å². The SMILES string of the molecule is C[Si](C)(C)O[C@@H](C#N)[C@H](Cc1ccccc1)N(Cc1ccccc1)Cc1ccccc1. The highest BCUT2D eigenvalue weighted by Crippen LogP contribution is 2.23.